The fourth-order valence-electron chi connectivity index (χ4n) is 2.28. The topological polar surface area (TPSA) is 46.3 Å². The van der Waals surface area contributed by atoms with Crippen molar-refractivity contribution in [3.8, 4) is 0 Å². The number of Topliss-reactive ketones (excluding diaryl/α,β-unsaturated/α-hetero) is 1. The summed E-state index contributed by atoms with van der Waals surface area (Å²) in [5.41, 5.74) is 8.68. The van der Waals surface area contributed by atoms with Gasteiger partial charge < -0.3 is 5.73 Å². The number of benzene rings is 1. The standard InChI is InChI=1S/C17H27BrN2O/c1-4-6-8-20(9-7-5-2)12-15-10-14(13(3)21)11-16(18)17(15)19/h10-11H,4-9,12,19H2,1-3H3. The van der Waals surface area contributed by atoms with E-state index in [0.29, 0.717) is 0 Å². The number of nitrogen functional groups attached to an aromatic ring is 1. The molecule has 4 heteroatoms. The highest BCUT2D eigenvalue weighted by Crippen LogP contribution is 2.27. The summed E-state index contributed by atoms with van der Waals surface area (Å²) in [6.45, 7) is 8.98. The quantitative estimate of drug-likeness (QED) is 0.519. The minimum atomic E-state index is 0.0746. The van der Waals surface area contributed by atoms with Crippen molar-refractivity contribution in [3.63, 3.8) is 0 Å². The number of carbonyl (C=O) groups is 1. The van der Waals surface area contributed by atoms with Gasteiger partial charge in [0.15, 0.2) is 5.78 Å². The lowest BCUT2D eigenvalue weighted by molar-refractivity contribution is 0.101. The van der Waals surface area contributed by atoms with E-state index in [4.69, 9.17) is 5.73 Å². The third-order valence-corrected chi connectivity index (χ3v) is 4.33. The first-order valence-corrected chi connectivity index (χ1v) is 8.60. The molecule has 0 aliphatic heterocycles. The molecule has 0 spiro atoms. The van der Waals surface area contributed by atoms with Crippen molar-refractivity contribution >= 4 is 27.4 Å². The molecule has 2 N–H and O–H groups in total. The maximum atomic E-state index is 11.6. The molecule has 0 saturated heterocycles. The first kappa shape index (κ1) is 18.2. The van der Waals surface area contributed by atoms with Crippen LogP contribution < -0.4 is 5.73 Å². The van der Waals surface area contributed by atoms with E-state index in [2.05, 4.69) is 34.7 Å². The number of unbranched alkanes of at least 4 members (excludes halogenated alkanes) is 2. The van der Waals surface area contributed by atoms with Crippen LogP contribution in [0.25, 0.3) is 0 Å². The number of halogens is 1. The molecule has 0 unspecified atom stereocenters. The largest absolute Gasteiger partial charge is 0.398 e. The van der Waals surface area contributed by atoms with Crippen LogP contribution in [-0.2, 0) is 6.54 Å². The molecule has 0 saturated carbocycles. The van der Waals surface area contributed by atoms with Crippen molar-refractivity contribution in [3.05, 3.63) is 27.7 Å². The zero-order valence-corrected chi connectivity index (χ0v) is 15.0. The predicted molar refractivity (Wildman–Crippen MR) is 93.7 cm³/mol. The van der Waals surface area contributed by atoms with Crippen molar-refractivity contribution in [1.82, 2.24) is 4.90 Å². The van der Waals surface area contributed by atoms with Gasteiger partial charge in [-0.3, -0.25) is 9.69 Å². The minimum absolute atomic E-state index is 0.0746. The van der Waals surface area contributed by atoms with Gasteiger partial charge in [-0.1, -0.05) is 26.7 Å². The summed E-state index contributed by atoms with van der Waals surface area (Å²) in [4.78, 5) is 14.1. The molecule has 0 amide bonds. The van der Waals surface area contributed by atoms with Gasteiger partial charge in [0.05, 0.1) is 5.69 Å². The lowest BCUT2D eigenvalue weighted by Crippen LogP contribution is -2.26. The molecule has 0 bridgehead atoms. The molecule has 0 atom stereocenters. The highest BCUT2D eigenvalue weighted by molar-refractivity contribution is 9.10. The highest BCUT2D eigenvalue weighted by atomic mass is 79.9. The fraction of sp³-hybridized carbons (Fsp3) is 0.588. The van der Waals surface area contributed by atoms with Crippen LogP contribution in [0.15, 0.2) is 16.6 Å². The number of nitrogens with zero attached hydrogens (tertiary/aromatic N) is 1. The Bertz CT molecular complexity index is 466. The second kappa shape index (κ2) is 9.21. The van der Waals surface area contributed by atoms with E-state index in [1.807, 2.05) is 12.1 Å². The van der Waals surface area contributed by atoms with Crippen molar-refractivity contribution in [2.24, 2.45) is 0 Å². The van der Waals surface area contributed by atoms with Crippen LogP contribution in [0.5, 0.6) is 0 Å². The molecule has 118 valence electrons. The van der Waals surface area contributed by atoms with Gasteiger partial charge in [0, 0.05) is 16.6 Å². The van der Waals surface area contributed by atoms with Crippen LogP contribution in [0.4, 0.5) is 5.69 Å². The SMILES string of the molecule is CCCCN(CCCC)Cc1cc(C(C)=O)cc(Br)c1N. The van der Waals surface area contributed by atoms with Gasteiger partial charge in [0.1, 0.15) is 0 Å². The molecular formula is C17H27BrN2O. The zero-order valence-electron chi connectivity index (χ0n) is 13.4. The maximum Gasteiger partial charge on any atom is 0.159 e. The first-order chi connectivity index (χ1) is 9.99. The molecule has 1 rings (SSSR count). The van der Waals surface area contributed by atoms with Crippen LogP contribution in [0, 0.1) is 0 Å². The maximum absolute atomic E-state index is 11.6. The molecule has 0 aliphatic rings. The average molecular weight is 355 g/mol. The van der Waals surface area contributed by atoms with Crippen LogP contribution in [0.3, 0.4) is 0 Å². The summed E-state index contributed by atoms with van der Waals surface area (Å²) in [5.74, 6) is 0.0746. The third-order valence-electron chi connectivity index (χ3n) is 3.67. The van der Waals surface area contributed by atoms with Gasteiger partial charge >= 0.3 is 0 Å². The number of nitrogens with two attached hydrogens (primary N) is 1. The van der Waals surface area contributed by atoms with Gasteiger partial charge in [-0.25, -0.2) is 0 Å². The van der Waals surface area contributed by atoms with Crippen molar-refractivity contribution in [1.29, 1.82) is 0 Å². The van der Waals surface area contributed by atoms with E-state index in [1.54, 1.807) is 6.92 Å². The number of hydrogen-bond acceptors (Lipinski definition) is 3. The van der Waals surface area contributed by atoms with Crippen molar-refractivity contribution in [2.75, 3.05) is 18.8 Å². The Labute approximate surface area is 137 Å². The van der Waals surface area contributed by atoms with Crippen LogP contribution in [0.1, 0.15) is 62.4 Å². The summed E-state index contributed by atoms with van der Waals surface area (Å²) in [6.07, 6.45) is 4.76. The molecule has 3 nitrogen and oxygen atoms in total. The van der Waals surface area contributed by atoms with E-state index in [-0.39, 0.29) is 5.78 Å². The molecular weight excluding hydrogens is 328 g/mol. The Balaban J connectivity index is 2.92. The Morgan fingerprint density at radius 3 is 2.24 bits per heavy atom. The number of anilines is 1. The summed E-state index contributed by atoms with van der Waals surface area (Å²) in [5, 5.41) is 0. The Morgan fingerprint density at radius 2 is 1.76 bits per heavy atom. The molecule has 0 fully saturated rings. The predicted octanol–water partition coefficient (Wildman–Crippen LogP) is 4.64. The second-order valence-electron chi connectivity index (χ2n) is 5.57. The van der Waals surface area contributed by atoms with Gasteiger partial charge in [-0.2, -0.15) is 0 Å². The van der Waals surface area contributed by atoms with E-state index in [1.165, 1.54) is 25.7 Å². The summed E-state index contributed by atoms with van der Waals surface area (Å²) >= 11 is 3.46. The van der Waals surface area contributed by atoms with Gasteiger partial charge in [0.2, 0.25) is 0 Å². The van der Waals surface area contributed by atoms with Gasteiger partial charge in [-0.05, 0) is 66.5 Å². The smallest absolute Gasteiger partial charge is 0.159 e. The molecule has 0 aromatic heterocycles. The summed E-state index contributed by atoms with van der Waals surface area (Å²) < 4.78 is 0.816. The highest BCUT2D eigenvalue weighted by Gasteiger charge is 2.12. The molecule has 1 aromatic carbocycles. The number of hydrogen-bond donors (Lipinski definition) is 1. The summed E-state index contributed by atoms with van der Waals surface area (Å²) in [6, 6.07) is 3.75. The van der Waals surface area contributed by atoms with Crippen molar-refractivity contribution in [2.45, 2.75) is 53.0 Å². The number of carbonyl (C=O) groups excluding carboxylic acids is 1. The fourth-order valence-corrected chi connectivity index (χ4v) is 2.78. The van der Waals surface area contributed by atoms with Gasteiger partial charge in [-0.15, -0.1) is 0 Å². The summed E-state index contributed by atoms with van der Waals surface area (Å²) in [7, 11) is 0. The van der Waals surface area contributed by atoms with Crippen molar-refractivity contribution < 1.29 is 4.79 Å². The monoisotopic (exact) mass is 354 g/mol. The van der Waals surface area contributed by atoms with E-state index in [9.17, 15) is 4.79 Å². The third kappa shape index (κ3) is 5.79. The van der Waals surface area contributed by atoms with E-state index >= 15 is 0 Å². The lowest BCUT2D eigenvalue weighted by atomic mass is 10.1. The van der Waals surface area contributed by atoms with Crippen LogP contribution in [0.2, 0.25) is 0 Å². The number of rotatable bonds is 9. The molecule has 0 radical (unpaired) electrons. The normalized spacial score (nSPS) is 11.1. The molecule has 21 heavy (non-hydrogen) atoms. The Hall–Kier alpha value is -0.870. The lowest BCUT2D eigenvalue weighted by Gasteiger charge is -2.23. The van der Waals surface area contributed by atoms with Gasteiger partial charge in [0.25, 0.3) is 0 Å². The second-order valence-corrected chi connectivity index (χ2v) is 6.42. The molecule has 0 heterocycles. The zero-order chi connectivity index (χ0) is 15.8. The van der Waals surface area contributed by atoms with E-state index < -0.39 is 0 Å². The number of ketones is 1. The van der Waals surface area contributed by atoms with E-state index in [0.717, 1.165) is 40.9 Å². The Morgan fingerprint density at radius 1 is 1.19 bits per heavy atom. The molecule has 0 aliphatic carbocycles. The van der Waals surface area contributed by atoms with Crippen LogP contribution in [-0.4, -0.2) is 23.8 Å². The van der Waals surface area contributed by atoms with Crippen LogP contribution >= 0.6 is 15.9 Å². The molecule has 1 aromatic rings. The minimum Gasteiger partial charge on any atom is -0.398 e. The Kier molecular flexibility index (Phi) is 7.97. The first-order valence-electron chi connectivity index (χ1n) is 7.80. The average Bonchev–Trinajstić information content (AvgIpc) is 2.45.